The molecule has 0 heterocycles. The molecule has 154 valence electrons. The van der Waals surface area contributed by atoms with Crippen LogP contribution in [-0.4, -0.2) is 45.7 Å². The summed E-state index contributed by atoms with van der Waals surface area (Å²) in [6.45, 7) is -0.620. The zero-order chi connectivity index (χ0) is 21.4. The minimum atomic E-state index is -0.764. The quantitative estimate of drug-likeness (QED) is 0.518. The maximum Gasteiger partial charge on any atom is 0.338 e. The molecule has 0 aromatic heterocycles. The summed E-state index contributed by atoms with van der Waals surface area (Å²) in [6.07, 6.45) is 0. The number of benzene rings is 2. The number of rotatable bonds is 7. The van der Waals surface area contributed by atoms with Crippen LogP contribution in [0.2, 0.25) is 5.02 Å². The number of esters is 1. The van der Waals surface area contributed by atoms with Crippen LogP contribution >= 0.6 is 11.6 Å². The maximum absolute atomic E-state index is 12.2. The van der Waals surface area contributed by atoms with Crippen molar-refractivity contribution in [2.75, 3.05) is 27.9 Å². The van der Waals surface area contributed by atoms with E-state index >= 15 is 0 Å². The molecule has 0 aliphatic rings. The van der Waals surface area contributed by atoms with Crippen LogP contribution < -0.4 is 25.1 Å². The Morgan fingerprint density at radius 3 is 2.14 bits per heavy atom. The van der Waals surface area contributed by atoms with E-state index in [1.165, 1.54) is 45.6 Å². The highest BCUT2D eigenvalue weighted by atomic mass is 35.5. The Balaban J connectivity index is 1.91. The van der Waals surface area contributed by atoms with E-state index in [-0.39, 0.29) is 16.9 Å². The lowest BCUT2D eigenvalue weighted by Crippen LogP contribution is -2.43. The number of carbonyl (C=O) groups is 3. The van der Waals surface area contributed by atoms with Crippen molar-refractivity contribution in [3.05, 3.63) is 52.5 Å². The van der Waals surface area contributed by atoms with Crippen molar-refractivity contribution in [1.29, 1.82) is 0 Å². The van der Waals surface area contributed by atoms with Gasteiger partial charge in [0, 0.05) is 11.1 Å². The van der Waals surface area contributed by atoms with Gasteiger partial charge in [-0.2, -0.15) is 0 Å². The van der Waals surface area contributed by atoms with Gasteiger partial charge in [-0.1, -0.05) is 11.6 Å². The van der Waals surface area contributed by atoms with Crippen molar-refractivity contribution >= 4 is 29.4 Å². The molecule has 2 rings (SSSR count). The summed E-state index contributed by atoms with van der Waals surface area (Å²) >= 11 is 5.87. The van der Waals surface area contributed by atoms with Crippen LogP contribution in [0.1, 0.15) is 20.7 Å². The second kappa shape index (κ2) is 10.2. The zero-order valence-corrected chi connectivity index (χ0v) is 16.7. The molecule has 0 fully saturated rings. The highest BCUT2D eigenvalue weighted by Gasteiger charge is 2.16. The van der Waals surface area contributed by atoms with Crippen molar-refractivity contribution in [3.8, 4) is 17.2 Å². The third-order valence-electron chi connectivity index (χ3n) is 3.64. The normalized spacial score (nSPS) is 9.93. The fraction of sp³-hybridized carbons (Fsp3) is 0.211. The molecule has 2 amide bonds. The lowest BCUT2D eigenvalue weighted by atomic mass is 10.2. The molecule has 2 N–H and O–H groups in total. The van der Waals surface area contributed by atoms with Gasteiger partial charge >= 0.3 is 5.97 Å². The van der Waals surface area contributed by atoms with Crippen LogP contribution in [0.3, 0.4) is 0 Å². The number of amides is 2. The Morgan fingerprint density at radius 1 is 0.897 bits per heavy atom. The van der Waals surface area contributed by atoms with Gasteiger partial charge in [-0.05, 0) is 30.3 Å². The minimum Gasteiger partial charge on any atom is -0.497 e. The summed E-state index contributed by atoms with van der Waals surface area (Å²) < 4.78 is 20.1. The van der Waals surface area contributed by atoms with E-state index in [0.29, 0.717) is 16.5 Å². The van der Waals surface area contributed by atoms with E-state index in [1.807, 2.05) is 0 Å². The number of ether oxygens (including phenoxy) is 4. The average Bonchev–Trinajstić information content (AvgIpc) is 2.75. The van der Waals surface area contributed by atoms with Crippen LogP contribution in [0.15, 0.2) is 36.4 Å². The van der Waals surface area contributed by atoms with Gasteiger partial charge < -0.3 is 18.9 Å². The van der Waals surface area contributed by atoms with E-state index in [2.05, 4.69) is 10.9 Å². The van der Waals surface area contributed by atoms with Crippen LogP contribution in [0.5, 0.6) is 17.2 Å². The first kappa shape index (κ1) is 21.8. The molecule has 0 spiro atoms. The number of hydrogen-bond acceptors (Lipinski definition) is 7. The predicted molar refractivity (Wildman–Crippen MR) is 103 cm³/mol. The van der Waals surface area contributed by atoms with E-state index in [4.69, 9.17) is 30.5 Å². The summed E-state index contributed by atoms with van der Waals surface area (Å²) in [5.74, 6) is -1.10. The number of hydrogen-bond donors (Lipinski definition) is 2. The highest BCUT2D eigenvalue weighted by molar-refractivity contribution is 6.31. The lowest BCUT2D eigenvalue weighted by Gasteiger charge is -2.11. The van der Waals surface area contributed by atoms with Crippen LogP contribution in [0.4, 0.5) is 0 Å². The third kappa shape index (κ3) is 6.01. The summed E-state index contributed by atoms with van der Waals surface area (Å²) in [5.41, 5.74) is 4.60. The van der Waals surface area contributed by atoms with Crippen LogP contribution in [0.25, 0.3) is 0 Å². The fourth-order valence-corrected chi connectivity index (χ4v) is 2.40. The van der Waals surface area contributed by atoms with Gasteiger partial charge in [0.25, 0.3) is 11.8 Å². The molecule has 29 heavy (non-hydrogen) atoms. The number of carbonyl (C=O) groups excluding carboxylic acids is 3. The van der Waals surface area contributed by atoms with Gasteiger partial charge in [-0.15, -0.1) is 0 Å². The monoisotopic (exact) mass is 422 g/mol. The van der Waals surface area contributed by atoms with Gasteiger partial charge in [0.15, 0.2) is 6.61 Å². The molecule has 9 nitrogen and oxygen atoms in total. The maximum atomic E-state index is 12.2. The van der Waals surface area contributed by atoms with Crippen molar-refractivity contribution < 1.29 is 33.3 Å². The van der Waals surface area contributed by atoms with E-state index in [1.54, 1.807) is 12.1 Å². The summed E-state index contributed by atoms with van der Waals surface area (Å²) in [4.78, 5) is 36.2. The van der Waals surface area contributed by atoms with Gasteiger partial charge in [-0.25, -0.2) is 4.79 Å². The smallest absolute Gasteiger partial charge is 0.338 e. The average molecular weight is 423 g/mol. The first-order chi connectivity index (χ1) is 13.9. The number of hydrazine groups is 1. The summed E-state index contributed by atoms with van der Waals surface area (Å²) in [5, 5.41) is 0.324. The number of nitrogens with one attached hydrogen (secondary N) is 2. The molecular formula is C19H19ClN2O7. The fourth-order valence-electron chi connectivity index (χ4n) is 2.23. The molecule has 0 atom stereocenters. The van der Waals surface area contributed by atoms with Crippen LogP contribution in [0, 0.1) is 0 Å². The van der Waals surface area contributed by atoms with E-state index in [9.17, 15) is 14.4 Å². The Hall–Kier alpha value is -3.46. The Bertz CT molecular complexity index is 895. The molecule has 2 aromatic carbocycles. The van der Waals surface area contributed by atoms with E-state index in [0.717, 1.165) is 0 Å². The molecular weight excluding hydrogens is 404 g/mol. The molecule has 0 bridgehead atoms. The lowest BCUT2D eigenvalue weighted by molar-refractivity contribution is -0.125. The van der Waals surface area contributed by atoms with Gasteiger partial charge in [0.2, 0.25) is 0 Å². The molecule has 10 heteroatoms. The van der Waals surface area contributed by atoms with E-state index < -0.39 is 24.4 Å². The SMILES string of the molecule is COc1cc(OC)cc(C(=O)OCC(=O)NNC(=O)c2cc(Cl)ccc2OC)c1. The zero-order valence-electron chi connectivity index (χ0n) is 15.9. The highest BCUT2D eigenvalue weighted by Crippen LogP contribution is 2.23. The third-order valence-corrected chi connectivity index (χ3v) is 3.88. The van der Waals surface area contributed by atoms with Crippen molar-refractivity contribution in [1.82, 2.24) is 10.9 Å². The van der Waals surface area contributed by atoms with Crippen molar-refractivity contribution in [2.24, 2.45) is 0 Å². The van der Waals surface area contributed by atoms with Gasteiger partial charge in [-0.3, -0.25) is 20.4 Å². The molecule has 0 saturated heterocycles. The molecule has 0 aliphatic carbocycles. The first-order valence-corrected chi connectivity index (χ1v) is 8.58. The van der Waals surface area contributed by atoms with Gasteiger partial charge in [0.05, 0.1) is 32.5 Å². The Labute approximate surface area is 171 Å². The molecule has 0 unspecified atom stereocenters. The second-order valence-corrected chi connectivity index (χ2v) is 5.96. The van der Waals surface area contributed by atoms with Crippen LogP contribution in [-0.2, 0) is 9.53 Å². The summed E-state index contributed by atoms with van der Waals surface area (Å²) in [6, 6.07) is 8.93. The topological polar surface area (TPSA) is 112 Å². The van der Waals surface area contributed by atoms with Crippen molar-refractivity contribution in [3.63, 3.8) is 0 Å². The molecule has 0 saturated carbocycles. The second-order valence-electron chi connectivity index (χ2n) is 5.52. The Kier molecular flexibility index (Phi) is 7.67. The minimum absolute atomic E-state index is 0.126. The standard InChI is InChI=1S/C19H19ClN2O7/c1-26-13-6-11(7-14(9-13)27-2)19(25)29-10-17(23)21-22-18(24)15-8-12(20)4-5-16(15)28-3/h4-9H,10H2,1-3H3,(H,21,23)(H,22,24). The largest absolute Gasteiger partial charge is 0.497 e. The molecule has 0 aliphatic heterocycles. The predicted octanol–water partition coefficient (Wildman–Crippen LogP) is 1.98. The Morgan fingerprint density at radius 2 is 1.55 bits per heavy atom. The number of methoxy groups -OCH3 is 3. The van der Waals surface area contributed by atoms with Crippen molar-refractivity contribution in [2.45, 2.75) is 0 Å². The molecule has 2 aromatic rings. The van der Waals surface area contributed by atoms with Gasteiger partial charge in [0.1, 0.15) is 17.2 Å². The first-order valence-electron chi connectivity index (χ1n) is 8.20. The number of halogens is 1. The molecule has 0 radical (unpaired) electrons. The summed E-state index contributed by atoms with van der Waals surface area (Å²) in [7, 11) is 4.27.